The Balaban J connectivity index is 3.75. The van der Waals surface area contributed by atoms with Crippen molar-refractivity contribution < 1.29 is 19.4 Å². The summed E-state index contributed by atoms with van der Waals surface area (Å²) in [4.78, 5) is 20.6. The summed E-state index contributed by atoms with van der Waals surface area (Å²) < 4.78 is 4.19. The third-order valence-electron chi connectivity index (χ3n) is 0.762. The van der Waals surface area contributed by atoms with Gasteiger partial charge in [-0.1, -0.05) is 0 Å². The highest BCUT2D eigenvalue weighted by Crippen LogP contribution is 1.78. The van der Waals surface area contributed by atoms with Gasteiger partial charge < -0.3 is 9.84 Å². The zero-order valence-electron chi connectivity index (χ0n) is 5.53. The molecule has 4 nitrogen and oxygen atoms in total. The third kappa shape index (κ3) is 3.80. The van der Waals surface area contributed by atoms with E-state index in [9.17, 15) is 9.59 Å². The molecule has 0 rings (SSSR count). The first-order chi connectivity index (χ1) is 4.70. The van der Waals surface area contributed by atoms with Crippen molar-refractivity contribution in [1.29, 1.82) is 0 Å². The SMILES string of the molecule is COC(=O)/C=C/C(=O)CO. The van der Waals surface area contributed by atoms with Gasteiger partial charge >= 0.3 is 5.97 Å². The van der Waals surface area contributed by atoms with E-state index < -0.39 is 18.4 Å². The minimum Gasteiger partial charge on any atom is -0.466 e. The monoisotopic (exact) mass is 144 g/mol. The van der Waals surface area contributed by atoms with Crippen LogP contribution in [0.25, 0.3) is 0 Å². The van der Waals surface area contributed by atoms with Crippen LogP contribution in [-0.4, -0.2) is 30.6 Å². The lowest BCUT2D eigenvalue weighted by molar-refractivity contribution is -0.135. The van der Waals surface area contributed by atoms with Crippen molar-refractivity contribution >= 4 is 11.8 Å². The predicted octanol–water partition coefficient (Wildman–Crippen LogP) is -0.723. The van der Waals surface area contributed by atoms with Gasteiger partial charge in [-0.25, -0.2) is 4.79 Å². The third-order valence-corrected chi connectivity index (χ3v) is 0.762. The number of carbonyl (C=O) groups is 2. The Bertz CT molecular complexity index is 141. The van der Waals surface area contributed by atoms with Gasteiger partial charge in [0, 0.05) is 6.08 Å². The number of esters is 1. The summed E-state index contributed by atoms with van der Waals surface area (Å²) in [6.07, 6.45) is 1.92. The lowest BCUT2D eigenvalue weighted by atomic mass is 10.4. The second-order valence-corrected chi connectivity index (χ2v) is 1.48. The molecule has 0 unspecified atom stereocenters. The van der Waals surface area contributed by atoms with E-state index in [1.165, 1.54) is 7.11 Å². The number of carbonyl (C=O) groups excluding carboxylic acids is 2. The molecule has 1 N–H and O–H groups in total. The number of ketones is 1. The quantitative estimate of drug-likeness (QED) is 0.419. The second kappa shape index (κ2) is 4.69. The molecule has 0 aliphatic carbocycles. The van der Waals surface area contributed by atoms with Gasteiger partial charge in [0.2, 0.25) is 0 Å². The van der Waals surface area contributed by atoms with E-state index in [2.05, 4.69) is 4.74 Å². The Labute approximate surface area is 58.1 Å². The fraction of sp³-hybridized carbons (Fsp3) is 0.333. The molecular weight excluding hydrogens is 136 g/mol. The molecule has 0 saturated carbocycles. The van der Waals surface area contributed by atoms with Gasteiger partial charge in [-0.15, -0.1) is 0 Å². The van der Waals surface area contributed by atoms with Gasteiger partial charge in [-0.05, 0) is 6.08 Å². The molecule has 0 aromatic carbocycles. The van der Waals surface area contributed by atoms with Crippen molar-refractivity contribution in [2.24, 2.45) is 0 Å². The lowest BCUT2D eigenvalue weighted by Gasteiger charge is -1.87. The van der Waals surface area contributed by atoms with Crippen LogP contribution in [0.5, 0.6) is 0 Å². The molecule has 4 heteroatoms. The Hall–Kier alpha value is -1.16. The first-order valence-electron chi connectivity index (χ1n) is 2.60. The number of aliphatic hydroxyl groups excluding tert-OH is 1. The lowest BCUT2D eigenvalue weighted by Crippen LogP contribution is -2.01. The summed E-state index contributed by atoms with van der Waals surface area (Å²) in [5.74, 6) is -1.13. The Morgan fingerprint density at radius 1 is 1.50 bits per heavy atom. The summed E-state index contributed by atoms with van der Waals surface area (Å²) in [6.45, 7) is -0.590. The van der Waals surface area contributed by atoms with Crippen LogP contribution in [0.1, 0.15) is 0 Å². The van der Waals surface area contributed by atoms with Gasteiger partial charge in [0.1, 0.15) is 6.61 Å². The molecule has 0 amide bonds. The van der Waals surface area contributed by atoms with E-state index in [0.717, 1.165) is 12.2 Å². The number of aliphatic hydroxyl groups is 1. The Kier molecular flexibility index (Phi) is 4.15. The molecule has 0 saturated heterocycles. The molecule has 0 aliphatic heterocycles. The fourth-order valence-electron chi connectivity index (χ4n) is 0.282. The minimum absolute atomic E-state index is 0.523. The van der Waals surface area contributed by atoms with Crippen LogP contribution in [0, 0.1) is 0 Å². The van der Waals surface area contributed by atoms with Crippen LogP contribution >= 0.6 is 0 Å². The average Bonchev–Trinajstić information content (AvgIpc) is 1.99. The zero-order valence-corrected chi connectivity index (χ0v) is 5.53. The van der Waals surface area contributed by atoms with E-state index in [1.54, 1.807) is 0 Å². The summed E-state index contributed by atoms with van der Waals surface area (Å²) in [6, 6.07) is 0. The highest BCUT2D eigenvalue weighted by atomic mass is 16.5. The zero-order chi connectivity index (χ0) is 7.98. The van der Waals surface area contributed by atoms with Crippen molar-refractivity contribution in [2.75, 3.05) is 13.7 Å². The topological polar surface area (TPSA) is 63.6 Å². The van der Waals surface area contributed by atoms with Crippen LogP contribution in [0.4, 0.5) is 0 Å². The van der Waals surface area contributed by atoms with Crippen LogP contribution < -0.4 is 0 Å². The van der Waals surface area contributed by atoms with Crippen LogP contribution in [0.3, 0.4) is 0 Å². The molecule has 0 heterocycles. The Morgan fingerprint density at radius 2 is 2.10 bits per heavy atom. The van der Waals surface area contributed by atoms with E-state index in [4.69, 9.17) is 5.11 Å². The molecule has 56 valence electrons. The van der Waals surface area contributed by atoms with Crippen molar-refractivity contribution in [1.82, 2.24) is 0 Å². The molecular formula is C6H8O4. The highest BCUT2D eigenvalue weighted by molar-refractivity contribution is 5.96. The van der Waals surface area contributed by atoms with Gasteiger partial charge in [0.05, 0.1) is 7.11 Å². The molecule has 0 bridgehead atoms. The van der Waals surface area contributed by atoms with Crippen molar-refractivity contribution in [2.45, 2.75) is 0 Å². The number of rotatable bonds is 3. The summed E-state index contributed by atoms with van der Waals surface area (Å²) >= 11 is 0. The summed E-state index contributed by atoms with van der Waals surface area (Å²) in [7, 11) is 1.20. The predicted molar refractivity (Wildman–Crippen MR) is 33.2 cm³/mol. The number of hydrogen-bond acceptors (Lipinski definition) is 4. The second-order valence-electron chi connectivity index (χ2n) is 1.48. The molecule has 0 fully saturated rings. The highest BCUT2D eigenvalue weighted by Gasteiger charge is 1.94. The smallest absolute Gasteiger partial charge is 0.330 e. The van der Waals surface area contributed by atoms with Gasteiger partial charge in [-0.3, -0.25) is 4.79 Å². The summed E-state index contributed by atoms with van der Waals surface area (Å²) in [5, 5.41) is 8.17. The minimum atomic E-state index is -0.609. The van der Waals surface area contributed by atoms with Crippen molar-refractivity contribution in [3.8, 4) is 0 Å². The van der Waals surface area contributed by atoms with Gasteiger partial charge in [0.25, 0.3) is 0 Å². The molecule has 0 aliphatic rings. The van der Waals surface area contributed by atoms with Crippen LogP contribution in [0.2, 0.25) is 0 Å². The van der Waals surface area contributed by atoms with Crippen molar-refractivity contribution in [3.63, 3.8) is 0 Å². The normalized spacial score (nSPS) is 9.80. The average molecular weight is 144 g/mol. The molecule has 10 heavy (non-hydrogen) atoms. The number of methoxy groups -OCH3 is 1. The molecule has 0 atom stereocenters. The molecule has 0 spiro atoms. The molecule has 0 aromatic rings. The number of ether oxygens (including phenoxy) is 1. The first kappa shape index (κ1) is 8.84. The summed E-state index contributed by atoms with van der Waals surface area (Å²) in [5.41, 5.74) is 0. The van der Waals surface area contributed by atoms with E-state index in [0.29, 0.717) is 0 Å². The van der Waals surface area contributed by atoms with E-state index in [-0.39, 0.29) is 0 Å². The first-order valence-corrected chi connectivity index (χ1v) is 2.60. The molecule has 0 radical (unpaired) electrons. The maximum absolute atomic E-state index is 10.3. The van der Waals surface area contributed by atoms with Crippen molar-refractivity contribution in [3.05, 3.63) is 12.2 Å². The number of hydrogen-bond donors (Lipinski definition) is 1. The Morgan fingerprint density at radius 3 is 2.50 bits per heavy atom. The standard InChI is InChI=1S/C6H8O4/c1-10-6(9)3-2-5(8)4-7/h2-3,7H,4H2,1H3/b3-2+. The van der Waals surface area contributed by atoms with E-state index in [1.807, 2.05) is 0 Å². The maximum Gasteiger partial charge on any atom is 0.330 e. The maximum atomic E-state index is 10.3. The van der Waals surface area contributed by atoms with Gasteiger partial charge in [-0.2, -0.15) is 0 Å². The van der Waals surface area contributed by atoms with Crippen LogP contribution in [0.15, 0.2) is 12.2 Å². The fourth-order valence-corrected chi connectivity index (χ4v) is 0.282. The van der Waals surface area contributed by atoms with E-state index >= 15 is 0 Å². The van der Waals surface area contributed by atoms with Crippen LogP contribution in [-0.2, 0) is 14.3 Å². The molecule has 0 aromatic heterocycles. The largest absolute Gasteiger partial charge is 0.466 e. The van der Waals surface area contributed by atoms with Gasteiger partial charge in [0.15, 0.2) is 5.78 Å².